The van der Waals surface area contributed by atoms with E-state index in [2.05, 4.69) is 34.6 Å². The Balaban J connectivity index is 2.43. The molecule has 0 aromatic rings. The van der Waals surface area contributed by atoms with Gasteiger partial charge in [-0.2, -0.15) is 0 Å². The number of unbranched alkanes of at least 4 members (excludes halogenated alkanes) is 1. The van der Waals surface area contributed by atoms with E-state index in [1.54, 1.807) is 0 Å². The van der Waals surface area contributed by atoms with E-state index in [-0.39, 0.29) is 0 Å². The third kappa shape index (κ3) is 5.76. The lowest BCUT2D eigenvalue weighted by molar-refractivity contribution is 0.273. The normalized spacial score (nSPS) is 30.0. The molecule has 0 heterocycles. The molecular formula is C19H39N. The summed E-state index contributed by atoms with van der Waals surface area (Å²) in [6.45, 7) is 11.8. The van der Waals surface area contributed by atoms with Crippen LogP contribution in [0.2, 0.25) is 0 Å². The van der Waals surface area contributed by atoms with Crippen LogP contribution in [0.5, 0.6) is 0 Å². The molecule has 0 aliphatic heterocycles. The molecule has 1 fully saturated rings. The summed E-state index contributed by atoms with van der Waals surface area (Å²) in [5.41, 5.74) is 6.59. The van der Waals surface area contributed by atoms with Gasteiger partial charge in [0.2, 0.25) is 0 Å². The molecule has 1 aliphatic rings. The first-order valence-electron chi connectivity index (χ1n) is 9.18. The Morgan fingerprint density at radius 3 is 2.30 bits per heavy atom. The van der Waals surface area contributed by atoms with Crippen molar-refractivity contribution in [3.8, 4) is 0 Å². The molecule has 0 radical (unpaired) electrons. The van der Waals surface area contributed by atoms with Crippen molar-refractivity contribution in [2.24, 2.45) is 28.9 Å². The van der Waals surface area contributed by atoms with Crippen LogP contribution in [-0.4, -0.2) is 6.04 Å². The van der Waals surface area contributed by atoms with Gasteiger partial charge in [-0.15, -0.1) is 0 Å². The Hall–Kier alpha value is -0.0400. The maximum absolute atomic E-state index is 5.92. The van der Waals surface area contributed by atoms with Gasteiger partial charge in [-0.3, -0.25) is 0 Å². The van der Waals surface area contributed by atoms with Gasteiger partial charge >= 0.3 is 0 Å². The fraction of sp³-hybridized carbons (Fsp3) is 1.00. The number of rotatable bonds is 11. The fourth-order valence-corrected chi connectivity index (χ4v) is 3.96. The zero-order valence-electron chi connectivity index (χ0n) is 14.8. The average Bonchev–Trinajstić information content (AvgIpc) is 3.08. The van der Waals surface area contributed by atoms with Crippen molar-refractivity contribution in [1.29, 1.82) is 0 Å². The van der Waals surface area contributed by atoms with Crippen LogP contribution < -0.4 is 5.73 Å². The standard InChI is InChI=1S/C19H39N/c1-6-8-10-15(3)13-17(12-9-11-16(4)20)18-14-19(18,5)7-2/h15-18H,6-14,20H2,1-5H3. The molecule has 1 saturated carbocycles. The van der Waals surface area contributed by atoms with Crippen LogP contribution in [0.1, 0.15) is 92.4 Å². The van der Waals surface area contributed by atoms with Gasteiger partial charge in [0.25, 0.3) is 0 Å². The lowest BCUT2D eigenvalue weighted by Gasteiger charge is -2.24. The fourth-order valence-electron chi connectivity index (χ4n) is 3.96. The Labute approximate surface area is 128 Å². The maximum atomic E-state index is 5.92. The van der Waals surface area contributed by atoms with Crippen molar-refractivity contribution in [3.05, 3.63) is 0 Å². The third-order valence-corrected chi connectivity index (χ3v) is 5.79. The molecule has 1 rings (SSSR count). The zero-order chi connectivity index (χ0) is 15.2. The summed E-state index contributed by atoms with van der Waals surface area (Å²) >= 11 is 0. The molecule has 0 spiro atoms. The minimum absolute atomic E-state index is 0.380. The van der Waals surface area contributed by atoms with E-state index in [9.17, 15) is 0 Å². The molecule has 0 aromatic carbocycles. The van der Waals surface area contributed by atoms with E-state index < -0.39 is 0 Å². The van der Waals surface area contributed by atoms with Gasteiger partial charge in [-0.05, 0) is 49.4 Å². The Morgan fingerprint density at radius 2 is 1.80 bits per heavy atom. The van der Waals surface area contributed by atoms with E-state index in [0.717, 1.165) is 17.8 Å². The molecule has 2 N–H and O–H groups in total. The minimum Gasteiger partial charge on any atom is -0.328 e. The highest BCUT2D eigenvalue weighted by Crippen LogP contribution is 2.60. The monoisotopic (exact) mass is 281 g/mol. The van der Waals surface area contributed by atoms with Crippen LogP contribution in [0.25, 0.3) is 0 Å². The summed E-state index contributed by atoms with van der Waals surface area (Å²) in [5.74, 6) is 2.88. The first-order valence-corrected chi connectivity index (χ1v) is 9.18. The maximum Gasteiger partial charge on any atom is 0.00104 e. The van der Waals surface area contributed by atoms with Crippen molar-refractivity contribution >= 4 is 0 Å². The Kier molecular flexibility index (Phi) is 7.58. The number of nitrogens with two attached hydrogens (primary N) is 1. The summed E-state index contributed by atoms with van der Waals surface area (Å²) in [6.07, 6.45) is 12.4. The van der Waals surface area contributed by atoms with Crippen LogP contribution in [0.3, 0.4) is 0 Å². The van der Waals surface area contributed by atoms with Gasteiger partial charge in [0, 0.05) is 6.04 Å². The largest absolute Gasteiger partial charge is 0.328 e. The first kappa shape index (κ1) is 18.0. The van der Waals surface area contributed by atoms with Crippen LogP contribution in [0.15, 0.2) is 0 Å². The van der Waals surface area contributed by atoms with Gasteiger partial charge in [0.15, 0.2) is 0 Å². The van der Waals surface area contributed by atoms with Crippen LogP contribution in [0, 0.1) is 23.2 Å². The molecule has 0 amide bonds. The molecule has 1 heteroatoms. The highest BCUT2D eigenvalue weighted by molar-refractivity contribution is 5.01. The third-order valence-electron chi connectivity index (χ3n) is 5.79. The first-order chi connectivity index (χ1) is 9.42. The molecule has 0 saturated heterocycles. The van der Waals surface area contributed by atoms with Crippen molar-refractivity contribution in [3.63, 3.8) is 0 Å². The summed E-state index contributed by atoms with van der Waals surface area (Å²) in [7, 11) is 0. The molecule has 20 heavy (non-hydrogen) atoms. The van der Waals surface area contributed by atoms with Crippen LogP contribution >= 0.6 is 0 Å². The smallest absolute Gasteiger partial charge is 0.00104 e. The summed E-state index contributed by atoms with van der Waals surface area (Å²) in [5, 5.41) is 0. The summed E-state index contributed by atoms with van der Waals surface area (Å²) in [6, 6.07) is 0.380. The Bertz CT molecular complexity index is 260. The van der Waals surface area contributed by atoms with E-state index in [4.69, 9.17) is 5.73 Å². The quantitative estimate of drug-likeness (QED) is 0.511. The predicted octanol–water partition coefficient (Wildman–Crippen LogP) is 5.77. The highest BCUT2D eigenvalue weighted by Gasteiger charge is 2.51. The van der Waals surface area contributed by atoms with Crippen molar-refractivity contribution < 1.29 is 0 Å². The molecule has 0 aromatic heterocycles. The molecule has 5 unspecified atom stereocenters. The highest BCUT2D eigenvalue weighted by atomic mass is 14.6. The lowest BCUT2D eigenvalue weighted by Crippen LogP contribution is -2.17. The molecule has 120 valence electrons. The van der Waals surface area contributed by atoms with Crippen molar-refractivity contribution in [2.45, 2.75) is 98.4 Å². The summed E-state index contributed by atoms with van der Waals surface area (Å²) in [4.78, 5) is 0. The topological polar surface area (TPSA) is 26.0 Å². The Morgan fingerprint density at radius 1 is 1.10 bits per heavy atom. The van der Waals surface area contributed by atoms with Crippen LogP contribution in [-0.2, 0) is 0 Å². The molecule has 5 atom stereocenters. The average molecular weight is 282 g/mol. The van der Waals surface area contributed by atoms with Gasteiger partial charge in [0.1, 0.15) is 0 Å². The molecular weight excluding hydrogens is 242 g/mol. The minimum atomic E-state index is 0.380. The number of hydrogen-bond donors (Lipinski definition) is 1. The second-order valence-electron chi connectivity index (χ2n) is 7.97. The molecule has 1 aliphatic carbocycles. The van der Waals surface area contributed by atoms with E-state index in [1.165, 1.54) is 57.8 Å². The van der Waals surface area contributed by atoms with Crippen molar-refractivity contribution in [1.82, 2.24) is 0 Å². The van der Waals surface area contributed by atoms with Gasteiger partial charge in [-0.1, -0.05) is 66.2 Å². The zero-order valence-corrected chi connectivity index (χ0v) is 14.8. The van der Waals surface area contributed by atoms with E-state index in [0.29, 0.717) is 11.5 Å². The molecule has 0 bridgehead atoms. The van der Waals surface area contributed by atoms with E-state index >= 15 is 0 Å². The van der Waals surface area contributed by atoms with E-state index in [1.807, 2.05) is 0 Å². The van der Waals surface area contributed by atoms with Gasteiger partial charge < -0.3 is 5.73 Å². The second-order valence-corrected chi connectivity index (χ2v) is 7.97. The van der Waals surface area contributed by atoms with Crippen molar-refractivity contribution in [2.75, 3.05) is 0 Å². The summed E-state index contributed by atoms with van der Waals surface area (Å²) < 4.78 is 0. The lowest BCUT2D eigenvalue weighted by atomic mass is 9.82. The number of hydrogen-bond acceptors (Lipinski definition) is 1. The van der Waals surface area contributed by atoms with Gasteiger partial charge in [-0.25, -0.2) is 0 Å². The second kappa shape index (κ2) is 8.41. The van der Waals surface area contributed by atoms with Gasteiger partial charge in [0.05, 0.1) is 0 Å². The SMILES string of the molecule is CCCCC(C)CC(CCCC(C)N)C1CC1(C)CC. The molecule has 1 nitrogen and oxygen atoms in total. The van der Waals surface area contributed by atoms with Crippen LogP contribution in [0.4, 0.5) is 0 Å². The predicted molar refractivity (Wildman–Crippen MR) is 90.8 cm³/mol.